The number of ether oxygens (including phenoxy) is 8. The number of aliphatic hydroxyl groups is 9. The molecule has 0 amide bonds. The van der Waals surface area contributed by atoms with Crippen LogP contribution in [-0.2, 0) is 37.9 Å². The van der Waals surface area contributed by atoms with Crippen molar-refractivity contribution in [3.63, 3.8) is 0 Å². The van der Waals surface area contributed by atoms with Gasteiger partial charge in [-0.1, -0.05) is 0 Å². The number of hydrogen-bond acceptors (Lipinski definition) is 17. The Morgan fingerprint density at radius 3 is 1.52 bits per heavy atom. The molecule has 18 heteroatoms. The summed E-state index contributed by atoms with van der Waals surface area (Å²) < 4.78 is 44.7. The lowest BCUT2D eigenvalue weighted by Gasteiger charge is -2.48. The largest absolute Gasteiger partial charge is 0.394 e. The first-order valence-corrected chi connectivity index (χ1v) is 14.4. The highest BCUT2D eigenvalue weighted by molar-refractivity contribution is 4.96. The monoisotopic (exact) mass is 648 g/mol. The Bertz CT molecular complexity index is 848. The van der Waals surface area contributed by atoms with E-state index < -0.39 is 111 Å². The van der Waals surface area contributed by atoms with Crippen molar-refractivity contribution in [2.24, 2.45) is 0 Å². The van der Waals surface area contributed by atoms with Crippen LogP contribution in [0.15, 0.2) is 0 Å². The van der Waals surface area contributed by atoms with Crippen molar-refractivity contribution < 1.29 is 88.3 Å². The third kappa shape index (κ3) is 9.00. The fourth-order valence-corrected chi connectivity index (χ4v) is 5.51. The minimum atomic E-state index is -1.87. The summed E-state index contributed by atoms with van der Waals surface area (Å²) in [5.41, 5.74) is 0. The van der Waals surface area contributed by atoms with Crippen LogP contribution in [0.4, 0.5) is 0 Å². The predicted molar refractivity (Wildman–Crippen MR) is 143 cm³/mol. The van der Waals surface area contributed by atoms with Gasteiger partial charge in [-0.05, 0) is 0 Å². The van der Waals surface area contributed by atoms with E-state index in [4.69, 9.17) is 37.9 Å². The molecule has 260 valence electrons. The van der Waals surface area contributed by atoms with E-state index in [-0.39, 0.29) is 13.2 Å². The average molecular weight is 649 g/mol. The molecule has 3 rings (SSSR count). The summed E-state index contributed by atoms with van der Waals surface area (Å²) in [5, 5.41) is 94.3. The number of rotatable bonds is 14. The number of nitrogens with zero attached hydrogens (tertiary/aromatic N) is 1. The first-order valence-electron chi connectivity index (χ1n) is 14.4. The Balaban J connectivity index is 1.80. The van der Waals surface area contributed by atoms with Crippen LogP contribution in [0.3, 0.4) is 0 Å². The van der Waals surface area contributed by atoms with Gasteiger partial charge in [-0.15, -0.1) is 0 Å². The lowest BCUT2D eigenvalue weighted by atomic mass is 9.96. The van der Waals surface area contributed by atoms with Gasteiger partial charge in [0.1, 0.15) is 85.9 Å². The Labute approximate surface area is 255 Å². The summed E-state index contributed by atoms with van der Waals surface area (Å²) in [4.78, 5) is 0. The number of quaternary nitrogens is 1. The number of methoxy groups -OCH3 is 2. The molecular formula is C26H50NO17+. The van der Waals surface area contributed by atoms with E-state index in [9.17, 15) is 46.0 Å². The third-order valence-corrected chi connectivity index (χ3v) is 7.72. The number of hydrogen-bond donors (Lipinski definition) is 9. The fourth-order valence-electron chi connectivity index (χ4n) is 5.51. The quantitative estimate of drug-likeness (QED) is 0.0794. The topological polar surface area (TPSA) is 256 Å². The van der Waals surface area contributed by atoms with Crippen molar-refractivity contribution in [1.29, 1.82) is 0 Å². The zero-order valence-corrected chi connectivity index (χ0v) is 25.5. The first kappa shape index (κ1) is 37.7. The van der Waals surface area contributed by atoms with Crippen molar-refractivity contribution in [1.82, 2.24) is 0 Å². The molecule has 3 saturated heterocycles. The van der Waals surface area contributed by atoms with Crippen LogP contribution >= 0.6 is 0 Å². The molecule has 7 unspecified atom stereocenters. The summed E-state index contributed by atoms with van der Waals surface area (Å²) in [5.74, 6) is 0. The van der Waals surface area contributed by atoms with Crippen LogP contribution in [0.25, 0.3) is 0 Å². The summed E-state index contributed by atoms with van der Waals surface area (Å²) in [7, 11) is 8.12. The van der Waals surface area contributed by atoms with E-state index >= 15 is 0 Å². The van der Waals surface area contributed by atoms with Crippen molar-refractivity contribution >= 4 is 0 Å². The van der Waals surface area contributed by atoms with Gasteiger partial charge in [-0.2, -0.15) is 0 Å². The van der Waals surface area contributed by atoms with Gasteiger partial charge in [-0.3, -0.25) is 0 Å². The zero-order chi connectivity index (χ0) is 32.9. The molecule has 0 saturated carbocycles. The summed E-state index contributed by atoms with van der Waals surface area (Å²) >= 11 is 0. The van der Waals surface area contributed by atoms with Gasteiger partial charge in [0.2, 0.25) is 0 Å². The van der Waals surface area contributed by atoms with Crippen molar-refractivity contribution in [3.8, 4) is 0 Å². The van der Waals surface area contributed by atoms with Gasteiger partial charge in [0.05, 0.1) is 47.6 Å². The zero-order valence-electron chi connectivity index (χ0n) is 25.5. The molecule has 0 bridgehead atoms. The highest BCUT2D eigenvalue weighted by Gasteiger charge is 2.53. The van der Waals surface area contributed by atoms with E-state index in [0.717, 1.165) is 0 Å². The van der Waals surface area contributed by atoms with Crippen LogP contribution in [-0.4, -0.2) is 217 Å². The number of likely N-dealkylation sites (N-methyl/N-ethyl adjacent to an activating group) is 1. The van der Waals surface area contributed by atoms with Gasteiger partial charge in [0.25, 0.3) is 0 Å². The molecule has 0 radical (unpaired) electrons. The molecule has 0 aromatic carbocycles. The Morgan fingerprint density at radius 1 is 0.614 bits per heavy atom. The molecule has 44 heavy (non-hydrogen) atoms. The number of aliphatic hydroxyl groups excluding tert-OH is 9. The maximum Gasteiger partial charge on any atom is 0.187 e. The molecular weight excluding hydrogens is 598 g/mol. The van der Waals surface area contributed by atoms with Crippen LogP contribution in [0.5, 0.6) is 0 Å². The van der Waals surface area contributed by atoms with Crippen LogP contribution < -0.4 is 0 Å². The first-order chi connectivity index (χ1) is 20.7. The highest BCUT2D eigenvalue weighted by atomic mass is 16.8. The van der Waals surface area contributed by atoms with E-state index in [1.807, 2.05) is 21.1 Å². The predicted octanol–water partition coefficient (Wildman–Crippen LogP) is -6.17. The summed E-state index contributed by atoms with van der Waals surface area (Å²) in [6.07, 6.45) is -23.3. The second-order valence-corrected chi connectivity index (χ2v) is 12.2. The average Bonchev–Trinajstić information content (AvgIpc) is 2.96. The summed E-state index contributed by atoms with van der Waals surface area (Å²) in [6.45, 7) is -1.43. The maximum atomic E-state index is 11.2. The molecule has 3 fully saturated rings. The molecule has 16 atom stereocenters. The van der Waals surface area contributed by atoms with E-state index in [1.54, 1.807) is 0 Å². The Hall–Kier alpha value is -0.720. The molecule has 0 aliphatic carbocycles. The van der Waals surface area contributed by atoms with Gasteiger partial charge in [0, 0.05) is 14.2 Å². The SMILES string of the molecule is CO[C@H]1OC(CO)[C@@H](O[C@H]2OC(COCC(O)C[N+](C)(C)C)[C@@H](O[C@@H]3OC(CO)[C@@H](OC)[C@H](O)C3O)[C@H](O)C2O)[C@H](O)C1O. The second kappa shape index (κ2) is 16.4. The normalized spacial score (nSPS) is 44.5. The molecule has 3 heterocycles. The molecule has 0 spiro atoms. The molecule has 3 aliphatic rings. The van der Waals surface area contributed by atoms with E-state index in [2.05, 4.69) is 0 Å². The van der Waals surface area contributed by atoms with E-state index in [0.29, 0.717) is 11.0 Å². The van der Waals surface area contributed by atoms with Gasteiger partial charge >= 0.3 is 0 Å². The molecule has 0 aromatic rings. The smallest absolute Gasteiger partial charge is 0.187 e. The van der Waals surface area contributed by atoms with Crippen LogP contribution in [0.2, 0.25) is 0 Å². The minimum absolute atomic E-state index is 0.151. The van der Waals surface area contributed by atoms with E-state index in [1.165, 1.54) is 14.2 Å². The van der Waals surface area contributed by atoms with Gasteiger partial charge < -0.3 is 88.3 Å². The van der Waals surface area contributed by atoms with Crippen LogP contribution in [0, 0.1) is 0 Å². The van der Waals surface area contributed by atoms with Crippen molar-refractivity contribution in [3.05, 3.63) is 0 Å². The standard InChI is InChI=1S/C26H50NO17/c1-27(2,3)6-11(30)9-39-10-14-23(44-25-19(35)15(31)21(37-4)12(7-28)41-25)17(33)20(36)26(42-14)43-22-13(8-29)40-24(38-5)18(34)16(22)32/h11-26,28-36H,6-10H2,1-5H3/q+1/t11?,12?,13?,14?,15-,16-,17-,18?,19?,20?,21-,22-,23-,24+,25+,26-/m1/s1. The minimum Gasteiger partial charge on any atom is -0.394 e. The van der Waals surface area contributed by atoms with Gasteiger partial charge in [-0.25, -0.2) is 0 Å². The lowest BCUT2D eigenvalue weighted by Crippen LogP contribution is -2.66. The maximum absolute atomic E-state index is 11.2. The van der Waals surface area contributed by atoms with Gasteiger partial charge in [0.15, 0.2) is 18.9 Å². The molecule has 18 nitrogen and oxygen atoms in total. The lowest BCUT2D eigenvalue weighted by molar-refractivity contribution is -0.873. The van der Waals surface area contributed by atoms with Crippen molar-refractivity contribution in [2.45, 2.75) is 98.2 Å². The van der Waals surface area contributed by atoms with Crippen LogP contribution in [0.1, 0.15) is 0 Å². The summed E-state index contributed by atoms with van der Waals surface area (Å²) in [6, 6.07) is 0. The molecule has 9 N–H and O–H groups in total. The Kier molecular flexibility index (Phi) is 14.1. The molecule has 0 aromatic heterocycles. The highest BCUT2D eigenvalue weighted by Crippen LogP contribution is 2.33. The second-order valence-electron chi connectivity index (χ2n) is 12.2. The molecule has 3 aliphatic heterocycles. The fraction of sp³-hybridized carbons (Fsp3) is 1.00. The Morgan fingerprint density at radius 2 is 1.05 bits per heavy atom. The third-order valence-electron chi connectivity index (χ3n) is 7.72. The van der Waals surface area contributed by atoms with Crippen molar-refractivity contribution in [2.75, 3.05) is 68.3 Å².